The second-order valence-corrected chi connectivity index (χ2v) is 2.82. The van der Waals surface area contributed by atoms with Gasteiger partial charge in [-0.2, -0.15) is 0 Å². The van der Waals surface area contributed by atoms with Crippen LogP contribution in [-0.4, -0.2) is 33.5 Å². The average Bonchev–Trinajstić information content (AvgIpc) is 2.74. The predicted molar refractivity (Wildman–Crippen MR) is 49.8 cm³/mol. The third-order valence-electron chi connectivity index (χ3n) is 1.80. The zero-order valence-electron chi connectivity index (χ0n) is 7.64. The molecule has 0 aromatic carbocycles. The zero-order chi connectivity index (χ0) is 10.4. The molecule has 2 N–H and O–H groups in total. The van der Waals surface area contributed by atoms with Gasteiger partial charge in [0.05, 0.1) is 0 Å². The number of likely N-dealkylation sites (tertiary alicyclic amines) is 1. The minimum atomic E-state index is -1.13. The van der Waals surface area contributed by atoms with Crippen LogP contribution in [0.5, 0.6) is 0 Å². The van der Waals surface area contributed by atoms with Gasteiger partial charge in [-0.05, 0) is 18.6 Å². The highest BCUT2D eigenvalue weighted by Gasteiger charge is 2.25. The molecule has 0 aliphatic carbocycles. The standard InChI is InChI=1S/C5H7NO3.C4H5N/c7-4-2-1-3-6(4)5(8)9;1-2-4-5-3-1/h1-3H2,(H,8,9);1-5H. The number of nitrogens with zero attached hydrogens (tertiary/aromatic N) is 1. The molecule has 0 bridgehead atoms. The lowest BCUT2D eigenvalue weighted by molar-refractivity contribution is -0.125. The van der Waals surface area contributed by atoms with Crippen LogP contribution in [0, 0.1) is 0 Å². The molecule has 14 heavy (non-hydrogen) atoms. The third-order valence-corrected chi connectivity index (χ3v) is 1.80. The van der Waals surface area contributed by atoms with Crippen molar-refractivity contribution in [3.05, 3.63) is 24.5 Å². The van der Waals surface area contributed by atoms with Crippen LogP contribution in [-0.2, 0) is 4.79 Å². The molecule has 1 aliphatic heterocycles. The number of carboxylic acid groups (broad SMARTS) is 1. The Balaban J connectivity index is 0.000000165. The molecule has 1 aromatic rings. The van der Waals surface area contributed by atoms with Gasteiger partial charge in [0.15, 0.2) is 0 Å². The summed E-state index contributed by atoms with van der Waals surface area (Å²) in [7, 11) is 0. The van der Waals surface area contributed by atoms with E-state index in [-0.39, 0.29) is 5.91 Å². The normalized spacial score (nSPS) is 14.9. The highest BCUT2D eigenvalue weighted by molar-refractivity contribution is 5.92. The van der Waals surface area contributed by atoms with Gasteiger partial charge in [0.2, 0.25) is 5.91 Å². The van der Waals surface area contributed by atoms with Crippen LogP contribution in [0.15, 0.2) is 24.5 Å². The van der Waals surface area contributed by atoms with Crippen molar-refractivity contribution >= 4 is 12.0 Å². The molecule has 2 amide bonds. The van der Waals surface area contributed by atoms with Crippen molar-refractivity contribution in [3.8, 4) is 0 Å². The van der Waals surface area contributed by atoms with E-state index in [1.54, 1.807) is 0 Å². The molecule has 1 aliphatic rings. The summed E-state index contributed by atoms with van der Waals surface area (Å²) in [5.74, 6) is -0.275. The Kier molecular flexibility index (Phi) is 3.72. The van der Waals surface area contributed by atoms with Gasteiger partial charge in [-0.1, -0.05) is 0 Å². The minimum Gasteiger partial charge on any atom is -0.465 e. The zero-order valence-corrected chi connectivity index (χ0v) is 7.64. The second-order valence-electron chi connectivity index (χ2n) is 2.82. The fourth-order valence-corrected chi connectivity index (χ4v) is 1.13. The summed E-state index contributed by atoms with van der Waals surface area (Å²) in [6.07, 6.45) is 3.68. The lowest BCUT2D eigenvalue weighted by atomic mass is 10.4. The molecule has 2 rings (SSSR count). The van der Waals surface area contributed by atoms with Crippen molar-refractivity contribution in [3.63, 3.8) is 0 Å². The number of carbonyl (C=O) groups is 2. The molecule has 1 aromatic heterocycles. The van der Waals surface area contributed by atoms with Gasteiger partial charge in [0.25, 0.3) is 0 Å². The first-order chi connectivity index (χ1) is 6.72. The molecule has 0 spiro atoms. The lowest BCUT2D eigenvalue weighted by Gasteiger charge is -2.05. The highest BCUT2D eigenvalue weighted by Crippen LogP contribution is 2.08. The summed E-state index contributed by atoms with van der Waals surface area (Å²) in [5, 5.41) is 8.29. The fourth-order valence-electron chi connectivity index (χ4n) is 1.13. The van der Waals surface area contributed by atoms with Crippen LogP contribution in [0.1, 0.15) is 12.8 Å². The van der Waals surface area contributed by atoms with Crippen molar-refractivity contribution in [2.24, 2.45) is 0 Å². The van der Waals surface area contributed by atoms with Gasteiger partial charge in [-0.25, -0.2) is 9.69 Å². The van der Waals surface area contributed by atoms with Crippen molar-refractivity contribution in [1.29, 1.82) is 0 Å². The first-order valence-corrected chi connectivity index (χ1v) is 4.33. The molecule has 0 radical (unpaired) electrons. The number of imide groups is 1. The van der Waals surface area contributed by atoms with Gasteiger partial charge < -0.3 is 10.1 Å². The van der Waals surface area contributed by atoms with Crippen molar-refractivity contribution in [2.75, 3.05) is 6.54 Å². The van der Waals surface area contributed by atoms with E-state index in [1.165, 1.54) is 0 Å². The summed E-state index contributed by atoms with van der Waals surface area (Å²) < 4.78 is 0. The SMILES string of the molecule is O=C(O)N1CCCC1=O.c1cc[nH]c1. The first-order valence-electron chi connectivity index (χ1n) is 4.33. The third kappa shape index (κ3) is 2.93. The molecule has 0 saturated carbocycles. The molecule has 76 valence electrons. The van der Waals surface area contributed by atoms with Gasteiger partial charge >= 0.3 is 6.09 Å². The molecule has 1 fully saturated rings. The second kappa shape index (κ2) is 5.06. The van der Waals surface area contributed by atoms with E-state index in [0.29, 0.717) is 19.4 Å². The molecular weight excluding hydrogens is 184 g/mol. The quantitative estimate of drug-likeness (QED) is 0.656. The summed E-state index contributed by atoms with van der Waals surface area (Å²) in [4.78, 5) is 24.4. The van der Waals surface area contributed by atoms with E-state index in [9.17, 15) is 9.59 Å². The van der Waals surface area contributed by atoms with Crippen LogP contribution in [0.4, 0.5) is 4.79 Å². The maximum Gasteiger partial charge on any atom is 0.414 e. The monoisotopic (exact) mass is 196 g/mol. The van der Waals surface area contributed by atoms with Crippen molar-refractivity contribution < 1.29 is 14.7 Å². The number of carbonyl (C=O) groups excluding carboxylic acids is 1. The average molecular weight is 196 g/mol. The Morgan fingerprint density at radius 1 is 1.43 bits per heavy atom. The van der Waals surface area contributed by atoms with Crippen LogP contribution in [0.25, 0.3) is 0 Å². The van der Waals surface area contributed by atoms with Crippen molar-refractivity contribution in [1.82, 2.24) is 9.88 Å². The largest absolute Gasteiger partial charge is 0.465 e. The molecule has 5 heteroatoms. The number of nitrogens with one attached hydrogen (secondary N) is 1. The maximum absolute atomic E-state index is 10.6. The first kappa shape index (κ1) is 10.3. The number of hydrogen-bond donors (Lipinski definition) is 2. The van der Waals surface area contributed by atoms with E-state index < -0.39 is 6.09 Å². The molecule has 2 heterocycles. The van der Waals surface area contributed by atoms with Crippen LogP contribution in [0.3, 0.4) is 0 Å². The van der Waals surface area contributed by atoms with Crippen LogP contribution >= 0.6 is 0 Å². The van der Waals surface area contributed by atoms with E-state index in [2.05, 4.69) is 4.98 Å². The van der Waals surface area contributed by atoms with Gasteiger partial charge in [-0.3, -0.25) is 4.79 Å². The number of hydrogen-bond acceptors (Lipinski definition) is 2. The summed E-state index contributed by atoms with van der Waals surface area (Å²) in [6, 6.07) is 3.89. The molecule has 1 saturated heterocycles. The minimum absolute atomic E-state index is 0.275. The Morgan fingerprint density at radius 3 is 2.29 bits per heavy atom. The highest BCUT2D eigenvalue weighted by atomic mass is 16.4. The lowest BCUT2D eigenvalue weighted by Crippen LogP contribution is -2.29. The Hall–Kier alpha value is -1.78. The van der Waals surface area contributed by atoms with Crippen LogP contribution < -0.4 is 0 Å². The van der Waals surface area contributed by atoms with E-state index in [0.717, 1.165) is 4.90 Å². The molecule has 0 unspecified atom stereocenters. The van der Waals surface area contributed by atoms with E-state index in [4.69, 9.17) is 5.11 Å². The fraction of sp³-hybridized carbons (Fsp3) is 0.333. The Bertz CT molecular complexity index is 278. The number of rotatable bonds is 0. The van der Waals surface area contributed by atoms with Crippen LogP contribution in [0.2, 0.25) is 0 Å². The molecular formula is C9H12N2O3. The predicted octanol–water partition coefficient (Wildman–Crippen LogP) is 1.30. The molecule has 0 atom stereocenters. The van der Waals surface area contributed by atoms with Crippen molar-refractivity contribution in [2.45, 2.75) is 12.8 Å². The Morgan fingerprint density at radius 2 is 2.07 bits per heavy atom. The topological polar surface area (TPSA) is 73.4 Å². The summed E-state index contributed by atoms with van der Waals surface area (Å²) in [5.41, 5.74) is 0. The Labute approximate surface area is 81.3 Å². The molecule has 5 nitrogen and oxygen atoms in total. The number of aromatic amines is 1. The number of aromatic nitrogens is 1. The van der Waals surface area contributed by atoms with Gasteiger partial charge in [0, 0.05) is 25.4 Å². The summed E-state index contributed by atoms with van der Waals surface area (Å²) in [6.45, 7) is 0.369. The van der Waals surface area contributed by atoms with Gasteiger partial charge in [0.1, 0.15) is 0 Å². The van der Waals surface area contributed by atoms with Gasteiger partial charge in [-0.15, -0.1) is 0 Å². The summed E-state index contributed by atoms with van der Waals surface area (Å²) >= 11 is 0. The van der Waals surface area contributed by atoms with E-state index in [1.807, 2.05) is 24.5 Å². The number of H-pyrrole nitrogens is 1. The number of amides is 2. The maximum atomic E-state index is 10.6. The smallest absolute Gasteiger partial charge is 0.414 e. The van der Waals surface area contributed by atoms with E-state index >= 15 is 0 Å².